The van der Waals surface area contributed by atoms with E-state index in [9.17, 15) is 0 Å². The van der Waals surface area contributed by atoms with Crippen molar-refractivity contribution in [3.8, 4) is 11.4 Å². The Bertz CT molecular complexity index is 563. The molecule has 88 valence electrons. The highest BCUT2D eigenvalue weighted by Gasteiger charge is 2.09. The minimum absolute atomic E-state index is 0.223. The van der Waals surface area contributed by atoms with Gasteiger partial charge in [-0.2, -0.15) is 4.98 Å². The van der Waals surface area contributed by atoms with Gasteiger partial charge in [0.25, 0.3) is 0 Å². The van der Waals surface area contributed by atoms with Crippen LogP contribution < -0.4 is 5.73 Å². The van der Waals surface area contributed by atoms with Crippen molar-refractivity contribution in [1.82, 2.24) is 10.1 Å². The number of nitrogens with two attached hydrogens (primary N) is 1. The first-order valence-electron chi connectivity index (χ1n) is 5.09. The second kappa shape index (κ2) is 4.69. The Hall–Kier alpha value is -1.65. The van der Waals surface area contributed by atoms with Crippen molar-refractivity contribution in [1.29, 1.82) is 0 Å². The smallest absolute Gasteiger partial charge is 0.240 e. The molecule has 1 aromatic heterocycles. The molecule has 1 aromatic carbocycles. The van der Waals surface area contributed by atoms with Gasteiger partial charge in [-0.3, -0.25) is 0 Å². The van der Waals surface area contributed by atoms with Crippen LogP contribution in [0.1, 0.15) is 18.4 Å². The van der Waals surface area contributed by atoms with E-state index in [0.29, 0.717) is 16.7 Å². The van der Waals surface area contributed by atoms with E-state index in [1.54, 1.807) is 6.07 Å². The van der Waals surface area contributed by atoms with Gasteiger partial charge < -0.3 is 10.3 Å². The zero-order valence-electron chi connectivity index (χ0n) is 9.40. The molecule has 0 aliphatic rings. The number of benzene rings is 1. The molecule has 4 nitrogen and oxygen atoms in total. The van der Waals surface area contributed by atoms with E-state index in [-0.39, 0.29) is 6.54 Å². The maximum absolute atomic E-state index is 6.03. The van der Waals surface area contributed by atoms with E-state index in [0.717, 1.165) is 16.7 Å². The highest BCUT2D eigenvalue weighted by molar-refractivity contribution is 6.31. The number of allylic oxidation sites excluding steroid dienone is 1. The van der Waals surface area contributed by atoms with Crippen LogP contribution in [-0.2, 0) is 6.54 Å². The third-order valence-corrected chi connectivity index (χ3v) is 2.51. The Morgan fingerprint density at radius 2 is 2.24 bits per heavy atom. The summed E-state index contributed by atoms with van der Waals surface area (Å²) < 4.78 is 4.96. The van der Waals surface area contributed by atoms with Crippen molar-refractivity contribution in [2.75, 3.05) is 0 Å². The van der Waals surface area contributed by atoms with Crippen molar-refractivity contribution in [2.24, 2.45) is 5.73 Å². The molecule has 0 amide bonds. The van der Waals surface area contributed by atoms with Crippen molar-refractivity contribution in [3.63, 3.8) is 0 Å². The molecular formula is C12H12ClN3O. The van der Waals surface area contributed by atoms with Gasteiger partial charge in [-0.05, 0) is 30.7 Å². The lowest BCUT2D eigenvalue weighted by Gasteiger charge is -2.03. The maximum atomic E-state index is 6.03. The zero-order valence-corrected chi connectivity index (χ0v) is 10.2. The zero-order chi connectivity index (χ0) is 12.4. The molecule has 17 heavy (non-hydrogen) atoms. The summed E-state index contributed by atoms with van der Waals surface area (Å²) in [5, 5.41) is 4.46. The van der Waals surface area contributed by atoms with Gasteiger partial charge in [0.2, 0.25) is 11.7 Å². The van der Waals surface area contributed by atoms with Crippen LogP contribution in [0.4, 0.5) is 0 Å². The van der Waals surface area contributed by atoms with Crippen LogP contribution in [-0.4, -0.2) is 10.1 Å². The van der Waals surface area contributed by atoms with E-state index in [1.165, 1.54) is 0 Å². The number of hydrogen-bond acceptors (Lipinski definition) is 4. The summed E-state index contributed by atoms with van der Waals surface area (Å²) in [4.78, 5) is 4.15. The molecule has 1 heterocycles. The molecule has 0 atom stereocenters. The van der Waals surface area contributed by atoms with E-state index in [4.69, 9.17) is 21.9 Å². The first-order valence-corrected chi connectivity index (χ1v) is 5.47. The van der Waals surface area contributed by atoms with Gasteiger partial charge in [-0.1, -0.05) is 28.9 Å². The summed E-state index contributed by atoms with van der Waals surface area (Å²) in [6, 6.07) is 5.54. The van der Waals surface area contributed by atoms with Gasteiger partial charge in [0, 0.05) is 10.6 Å². The quantitative estimate of drug-likeness (QED) is 0.908. The average Bonchev–Trinajstić information content (AvgIpc) is 2.76. The fraction of sp³-hybridized carbons (Fsp3) is 0.167. The molecule has 0 saturated heterocycles. The van der Waals surface area contributed by atoms with Crippen LogP contribution in [0.3, 0.4) is 0 Å². The molecule has 2 aromatic rings. The summed E-state index contributed by atoms with van der Waals surface area (Å²) in [5.74, 6) is 0.882. The van der Waals surface area contributed by atoms with Crippen LogP contribution >= 0.6 is 11.6 Å². The van der Waals surface area contributed by atoms with Crippen molar-refractivity contribution < 1.29 is 4.52 Å². The maximum Gasteiger partial charge on any atom is 0.240 e. The van der Waals surface area contributed by atoms with E-state index < -0.39 is 0 Å². The lowest BCUT2D eigenvalue weighted by atomic mass is 10.1. The van der Waals surface area contributed by atoms with Crippen LogP contribution in [0.5, 0.6) is 0 Å². The topological polar surface area (TPSA) is 64.9 Å². The van der Waals surface area contributed by atoms with Gasteiger partial charge >= 0.3 is 0 Å². The minimum atomic E-state index is 0.223. The number of nitrogens with zero attached hydrogens (tertiary/aromatic N) is 2. The molecule has 2 rings (SSSR count). The number of aromatic nitrogens is 2. The van der Waals surface area contributed by atoms with Crippen molar-refractivity contribution in [3.05, 3.63) is 41.3 Å². The lowest BCUT2D eigenvalue weighted by Crippen LogP contribution is -1.95. The SMILES string of the molecule is C=C(C)c1cc(Cl)cc(-c2noc(CN)n2)c1. The standard InChI is InChI=1S/C12H12ClN3O/c1-7(2)8-3-9(5-10(13)4-8)12-15-11(6-14)17-16-12/h3-5H,1,6,14H2,2H3. The third kappa shape index (κ3) is 2.54. The molecule has 0 aliphatic heterocycles. The molecular weight excluding hydrogens is 238 g/mol. The molecule has 0 spiro atoms. The van der Waals surface area contributed by atoms with Crippen LogP contribution in [0.2, 0.25) is 5.02 Å². The molecule has 0 unspecified atom stereocenters. The first-order chi connectivity index (χ1) is 8.10. The van der Waals surface area contributed by atoms with E-state index in [1.807, 2.05) is 19.1 Å². The largest absolute Gasteiger partial charge is 0.338 e. The summed E-state index contributed by atoms with van der Waals surface area (Å²) >= 11 is 6.03. The molecule has 0 aliphatic carbocycles. The molecule has 2 N–H and O–H groups in total. The predicted octanol–water partition coefficient (Wildman–Crippen LogP) is 2.88. The van der Waals surface area contributed by atoms with Crippen LogP contribution in [0.15, 0.2) is 29.3 Å². The van der Waals surface area contributed by atoms with Crippen molar-refractivity contribution >= 4 is 17.2 Å². The summed E-state index contributed by atoms with van der Waals surface area (Å²) in [5.41, 5.74) is 8.08. The Kier molecular flexibility index (Phi) is 3.26. The van der Waals surface area contributed by atoms with Gasteiger partial charge in [0.15, 0.2) is 0 Å². The Morgan fingerprint density at radius 1 is 1.47 bits per heavy atom. The summed E-state index contributed by atoms with van der Waals surface area (Å²) in [6.45, 7) is 6.02. The summed E-state index contributed by atoms with van der Waals surface area (Å²) in [7, 11) is 0. The molecule has 0 saturated carbocycles. The third-order valence-electron chi connectivity index (χ3n) is 2.29. The van der Waals surface area contributed by atoms with Crippen LogP contribution in [0, 0.1) is 0 Å². The Labute approximate surface area is 104 Å². The average molecular weight is 250 g/mol. The second-order valence-electron chi connectivity index (χ2n) is 3.72. The van der Waals surface area contributed by atoms with E-state index in [2.05, 4.69) is 16.7 Å². The number of halogens is 1. The minimum Gasteiger partial charge on any atom is -0.338 e. The van der Waals surface area contributed by atoms with Crippen molar-refractivity contribution in [2.45, 2.75) is 13.5 Å². The Morgan fingerprint density at radius 3 is 2.82 bits per heavy atom. The second-order valence-corrected chi connectivity index (χ2v) is 4.16. The first kappa shape index (κ1) is 11.8. The lowest BCUT2D eigenvalue weighted by molar-refractivity contribution is 0.380. The number of rotatable bonds is 3. The normalized spacial score (nSPS) is 10.5. The van der Waals surface area contributed by atoms with E-state index >= 15 is 0 Å². The summed E-state index contributed by atoms with van der Waals surface area (Å²) in [6.07, 6.45) is 0. The van der Waals surface area contributed by atoms with Crippen LogP contribution in [0.25, 0.3) is 17.0 Å². The van der Waals surface area contributed by atoms with Gasteiger partial charge in [-0.15, -0.1) is 0 Å². The fourth-order valence-electron chi connectivity index (χ4n) is 1.42. The number of hydrogen-bond donors (Lipinski definition) is 1. The van der Waals surface area contributed by atoms with Gasteiger partial charge in [0.05, 0.1) is 6.54 Å². The fourth-order valence-corrected chi connectivity index (χ4v) is 1.66. The molecule has 5 heteroatoms. The monoisotopic (exact) mass is 249 g/mol. The molecule has 0 bridgehead atoms. The molecule has 0 fully saturated rings. The van der Waals surface area contributed by atoms with Gasteiger partial charge in [0.1, 0.15) is 0 Å². The highest BCUT2D eigenvalue weighted by atomic mass is 35.5. The Balaban J connectivity index is 2.47. The molecule has 0 radical (unpaired) electrons. The van der Waals surface area contributed by atoms with Gasteiger partial charge in [-0.25, -0.2) is 0 Å². The predicted molar refractivity (Wildman–Crippen MR) is 67.3 cm³/mol. The highest BCUT2D eigenvalue weighted by Crippen LogP contribution is 2.25.